The summed E-state index contributed by atoms with van der Waals surface area (Å²) in [6.07, 6.45) is 24.1. The molecule has 0 spiro atoms. The summed E-state index contributed by atoms with van der Waals surface area (Å²) in [6.45, 7) is 3.54. The van der Waals surface area contributed by atoms with Crippen LogP contribution >= 0.6 is 0 Å². The van der Waals surface area contributed by atoms with E-state index in [1.54, 1.807) is 6.08 Å². The minimum absolute atomic E-state index is 0.306. The molecule has 1 rings (SSSR count). The van der Waals surface area contributed by atoms with Crippen LogP contribution in [0.25, 0.3) is 0 Å². The van der Waals surface area contributed by atoms with Crippen molar-refractivity contribution in [2.45, 2.75) is 210 Å². The lowest BCUT2D eigenvalue weighted by atomic mass is 9.99. The highest BCUT2D eigenvalue weighted by Crippen LogP contribution is 2.22. The number of aliphatic hydroxyl groups excluding tert-OH is 6. The minimum atomic E-state index is -1.61. The monoisotopic (exact) mass is 714 g/mol. The molecule has 0 radical (unpaired) electrons. The molecule has 0 bridgehead atoms. The van der Waals surface area contributed by atoms with E-state index in [9.17, 15) is 35.4 Å². The molecule has 1 heterocycles. The smallest absolute Gasteiger partial charge is 0.249 e. The van der Waals surface area contributed by atoms with Crippen molar-refractivity contribution in [2.24, 2.45) is 0 Å². The second-order valence-electron chi connectivity index (χ2n) is 14.2. The average molecular weight is 714 g/mol. The fourth-order valence-corrected chi connectivity index (χ4v) is 6.24. The summed E-state index contributed by atoms with van der Waals surface area (Å²) in [5.74, 6) is -0.628. The van der Waals surface area contributed by atoms with Crippen LogP contribution in [0.3, 0.4) is 0 Å². The molecule has 50 heavy (non-hydrogen) atoms. The van der Waals surface area contributed by atoms with Gasteiger partial charge in [0.15, 0.2) is 6.29 Å². The maximum absolute atomic E-state index is 12.9. The zero-order chi connectivity index (χ0) is 36.8. The molecule has 0 aromatic carbocycles. The van der Waals surface area contributed by atoms with E-state index in [4.69, 9.17) is 9.47 Å². The van der Waals surface area contributed by atoms with Gasteiger partial charge in [-0.2, -0.15) is 0 Å². The van der Waals surface area contributed by atoms with Crippen LogP contribution in [0, 0.1) is 0 Å². The number of aliphatic hydroxyl groups is 6. The van der Waals surface area contributed by atoms with Crippen molar-refractivity contribution in [2.75, 3.05) is 13.2 Å². The Hall–Kier alpha value is -1.37. The van der Waals surface area contributed by atoms with Gasteiger partial charge < -0.3 is 45.4 Å². The summed E-state index contributed by atoms with van der Waals surface area (Å²) in [4.78, 5) is 12.9. The Balaban J connectivity index is 2.54. The molecule has 1 saturated heterocycles. The normalized spacial score (nSPS) is 23.1. The SMILES string of the molecule is CCCCCCCCC/C=C/CC/C=C/[C@@H](O)[C@H](CO[C@@H]1O[C@H](CO)[C@@H](O)[C@H](O)[C@H]1O)NC(=O)C(O)CCCCCCCCCCCCCC. The van der Waals surface area contributed by atoms with Crippen LogP contribution in [-0.2, 0) is 14.3 Å². The number of amides is 1. The molecular weight excluding hydrogens is 638 g/mol. The summed E-state index contributed by atoms with van der Waals surface area (Å²) in [7, 11) is 0. The van der Waals surface area contributed by atoms with Gasteiger partial charge in [0.2, 0.25) is 5.91 Å². The van der Waals surface area contributed by atoms with Crippen molar-refractivity contribution in [3.63, 3.8) is 0 Å². The van der Waals surface area contributed by atoms with E-state index in [2.05, 4.69) is 31.3 Å². The zero-order valence-corrected chi connectivity index (χ0v) is 31.5. The highest BCUT2D eigenvalue weighted by Gasteiger charge is 2.44. The Kier molecular flexibility index (Phi) is 29.1. The van der Waals surface area contributed by atoms with E-state index in [1.165, 1.54) is 96.3 Å². The Morgan fingerprint density at radius 1 is 0.680 bits per heavy atom. The van der Waals surface area contributed by atoms with Gasteiger partial charge in [-0.15, -0.1) is 0 Å². The van der Waals surface area contributed by atoms with Crippen LogP contribution in [0.4, 0.5) is 0 Å². The maximum Gasteiger partial charge on any atom is 0.249 e. The third-order valence-electron chi connectivity index (χ3n) is 9.64. The second kappa shape index (κ2) is 31.2. The van der Waals surface area contributed by atoms with Crippen molar-refractivity contribution in [3.05, 3.63) is 24.3 Å². The molecule has 0 aromatic heterocycles. The van der Waals surface area contributed by atoms with Gasteiger partial charge in [0.05, 0.1) is 25.4 Å². The average Bonchev–Trinajstić information content (AvgIpc) is 3.11. The van der Waals surface area contributed by atoms with Crippen LogP contribution in [0.1, 0.15) is 162 Å². The highest BCUT2D eigenvalue weighted by atomic mass is 16.7. The number of hydrogen-bond acceptors (Lipinski definition) is 9. The number of hydrogen-bond donors (Lipinski definition) is 7. The number of ether oxygens (including phenoxy) is 2. The Morgan fingerprint density at radius 2 is 1.18 bits per heavy atom. The second-order valence-corrected chi connectivity index (χ2v) is 14.2. The van der Waals surface area contributed by atoms with Gasteiger partial charge in [-0.05, 0) is 32.1 Å². The molecule has 0 aliphatic carbocycles. The molecule has 1 unspecified atom stereocenters. The summed E-state index contributed by atoms with van der Waals surface area (Å²) in [5.41, 5.74) is 0. The van der Waals surface area contributed by atoms with Crippen LogP contribution < -0.4 is 5.32 Å². The van der Waals surface area contributed by atoms with Crippen molar-refractivity contribution in [3.8, 4) is 0 Å². The molecule has 1 aliphatic rings. The van der Waals surface area contributed by atoms with Gasteiger partial charge in [-0.1, -0.05) is 154 Å². The number of unbranched alkanes of at least 4 members (excludes halogenated alkanes) is 19. The number of carbonyl (C=O) groups is 1. The predicted octanol–water partition coefficient (Wildman–Crippen LogP) is 6.13. The molecule has 10 nitrogen and oxygen atoms in total. The summed E-state index contributed by atoms with van der Waals surface area (Å²) >= 11 is 0. The molecule has 1 fully saturated rings. The molecule has 0 aromatic rings. The summed E-state index contributed by atoms with van der Waals surface area (Å²) in [6, 6.07) is -0.990. The zero-order valence-electron chi connectivity index (χ0n) is 31.5. The van der Waals surface area contributed by atoms with Gasteiger partial charge in [0.25, 0.3) is 0 Å². The molecule has 7 N–H and O–H groups in total. The van der Waals surface area contributed by atoms with E-state index in [-0.39, 0.29) is 6.61 Å². The third kappa shape index (κ3) is 21.9. The van der Waals surface area contributed by atoms with Crippen molar-refractivity contribution in [1.29, 1.82) is 0 Å². The first kappa shape index (κ1) is 46.7. The van der Waals surface area contributed by atoms with Gasteiger partial charge in [-0.25, -0.2) is 0 Å². The first-order valence-corrected chi connectivity index (χ1v) is 20.2. The van der Waals surface area contributed by atoms with Gasteiger partial charge in [-0.3, -0.25) is 4.79 Å². The molecule has 10 heteroatoms. The maximum atomic E-state index is 12.9. The lowest BCUT2D eigenvalue weighted by Gasteiger charge is -2.40. The van der Waals surface area contributed by atoms with E-state index in [1.807, 2.05) is 6.08 Å². The molecule has 8 atom stereocenters. The fraction of sp³-hybridized carbons (Fsp3) is 0.875. The minimum Gasteiger partial charge on any atom is -0.394 e. The number of nitrogens with one attached hydrogen (secondary N) is 1. The number of rotatable bonds is 32. The van der Waals surface area contributed by atoms with E-state index >= 15 is 0 Å². The Bertz CT molecular complexity index is 855. The largest absolute Gasteiger partial charge is 0.394 e. The lowest BCUT2D eigenvalue weighted by molar-refractivity contribution is -0.302. The molecule has 1 amide bonds. The van der Waals surface area contributed by atoms with Gasteiger partial charge in [0.1, 0.15) is 30.5 Å². The molecule has 1 aliphatic heterocycles. The Labute approximate surface area is 303 Å². The predicted molar refractivity (Wildman–Crippen MR) is 199 cm³/mol. The van der Waals surface area contributed by atoms with Crippen LogP contribution in [-0.4, -0.2) is 98.7 Å². The first-order valence-electron chi connectivity index (χ1n) is 20.2. The molecule has 0 saturated carbocycles. The number of carbonyl (C=O) groups excluding carboxylic acids is 1. The molecule has 294 valence electrons. The summed E-state index contributed by atoms with van der Waals surface area (Å²) < 4.78 is 11.1. The number of allylic oxidation sites excluding steroid dienone is 3. The highest BCUT2D eigenvalue weighted by molar-refractivity contribution is 5.80. The topological polar surface area (TPSA) is 169 Å². The van der Waals surface area contributed by atoms with Crippen molar-refractivity contribution in [1.82, 2.24) is 5.32 Å². The third-order valence-corrected chi connectivity index (χ3v) is 9.64. The van der Waals surface area contributed by atoms with E-state index in [0.717, 1.165) is 32.1 Å². The standard InChI is InChI=1S/C40H75NO9/c1-3-5-7-9-11-13-15-17-19-20-22-24-26-28-33(43)32(31-49-40-38(47)37(46)36(45)35(30-42)50-40)41-39(48)34(44)29-27-25-23-21-18-16-14-12-10-8-6-4-2/h19-20,26,28,32-38,40,42-47H,3-18,21-25,27,29-31H2,1-2H3,(H,41,48)/b20-19+,28-26+/t32-,33+,34?,35+,36+,37-,38+,40+/m0/s1. The van der Waals surface area contributed by atoms with E-state index < -0.39 is 61.5 Å². The quantitative estimate of drug-likeness (QED) is 0.0320. The van der Waals surface area contributed by atoms with Crippen LogP contribution in [0.2, 0.25) is 0 Å². The first-order chi connectivity index (χ1) is 24.3. The van der Waals surface area contributed by atoms with Gasteiger partial charge in [0, 0.05) is 0 Å². The van der Waals surface area contributed by atoms with Crippen LogP contribution in [0.15, 0.2) is 24.3 Å². The lowest BCUT2D eigenvalue weighted by Crippen LogP contribution is -2.60. The van der Waals surface area contributed by atoms with Crippen molar-refractivity contribution >= 4 is 5.91 Å². The fourth-order valence-electron chi connectivity index (χ4n) is 6.24. The molecular formula is C40H75NO9. The van der Waals surface area contributed by atoms with Crippen LogP contribution in [0.5, 0.6) is 0 Å². The van der Waals surface area contributed by atoms with E-state index in [0.29, 0.717) is 19.3 Å². The van der Waals surface area contributed by atoms with Gasteiger partial charge >= 0.3 is 0 Å². The van der Waals surface area contributed by atoms with Crippen molar-refractivity contribution < 1.29 is 44.9 Å². The Morgan fingerprint density at radius 3 is 1.74 bits per heavy atom. The summed E-state index contributed by atoms with van der Waals surface area (Å²) in [5, 5.41) is 64.3.